The zero-order valence-corrected chi connectivity index (χ0v) is 9.60. The van der Waals surface area contributed by atoms with Crippen molar-refractivity contribution in [2.24, 2.45) is 0 Å². The van der Waals surface area contributed by atoms with Crippen molar-refractivity contribution in [3.8, 4) is 6.07 Å². The average molecular weight is 223 g/mol. The first kappa shape index (κ1) is 11.8. The van der Waals surface area contributed by atoms with E-state index in [9.17, 15) is 4.79 Å². The molecule has 0 fully saturated rings. The van der Waals surface area contributed by atoms with Gasteiger partial charge in [-0.1, -0.05) is 18.7 Å². The van der Waals surface area contributed by atoms with Crippen LogP contribution in [0.3, 0.4) is 0 Å². The maximum absolute atomic E-state index is 11.2. The Morgan fingerprint density at radius 1 is 1.73 bits per heavy atom. The van der Waals surface area contributed by atoms with Crippen molar-refractivity contribution in [2.45, 2.75) is 37.1 Å². The van der Waals surface area contributed by atoms with Gasteiger partial charge >= 0.3 is 0 Å². The van der Waals surface area contributed by atoms with Gasteiger partial charge in [0.1, 0.15) is 0 Å². The maximum atomic E-state index is 11.2. The fourth-order valence-corrected chi connectivity index (χ4v) is 2.13. The lowest BCUT2D eigenvalue weighted by Gasteiger charge is -2.09. The van der Waals surface area contributed by atoms with Gasteiger partial charge < -0.3 is 4.98 Å². The molecule has 0 radical (unpaired) electrons. The number of thioether (sulfide) groups is 1. The van der Waals surface area contributed by atoms with Crippen LogP contribution in [0.2, 0.25) is 0 Å². The van der Waals surface area contributed by atoms with E-state index < -0.39 is 0 Å². The molecule has 0 spiro atoms. The Hall–Kier alpha value is -1.28. The molecule has 0 aliphatic carbocycles. The summed E-state index contributed by atoms with van der Waals surface area (Å²) in [5.41, 5.74) is 0.560. The smallest absolute Gasteiger partial charge is 0.251 e. The third kappa shape index (κ3) is 3.76. The van der Waals surface area contributed by atoms with Crippen molar-refractivity contribution in [3.05, 3.63) is 22.1 Å². The highest BCUT2D eigenvalue weighted by atomic mass is 32.2. The summed E-state index contributed by atoms with van der Waals surface area (Å²) in [5, 5.41) is 9.39. The van der Waals surface area contributed by atoms with E-state index >= 15 is 0 Å². The van der Waals surface area contributed by atoms with E-state index in [4.69, 9.17) is 5.26 Å². The molecule has 0 aliphatic heterocycles. The molecule has 0 bridgehead atoms. The van der Waals surface area contributed by atoms with Crippen LogP contribution in [0, 0.1) is 18.3 Å². The number of hydrogen-bond acceptors (Lipinski definition) is 4. The van der Waals surface area contributed by atoms with Crippen LogP contribution >= 0.6 is 11.8 Å². The normalized spacial score (nSPS) is 12.1. The second-order valence-corrected chi connectivity index (χ2v) is 4.49. The maximum Gasteiger partial charge on any atom is 0.251 e. The predicted molar refractivity (Wildman–Crippen MR) is 59.8 cm³/mol. The first-order chi connectivity index (χ1) is 7.15. The molecular formula is C10H13N3OS. The molecule has 0 saturated heterocycles. The van der Waals surface area contributed by atoms with E-state index in [0.717, 1.165) is 6.42 Å². The molecule has 5 heteroatoms. The lowest BCUT2D eigenvalue weighted by atomic mass is 10.3. The molecule has 1 heterocycles. The van der Waals surface area contributed by atoms with Crippen LogP contribution in [0.1, 0.15) is 25.5 Å². The largest absolute Gasteiger partial charge is 0.301 e. The summed E-state index contributed by atoms with van der Waals surface area (Å²) in [6, 6.07) is 3.58. The number of hydrogen-bond donors (Lipinski definition) is 1. The molecule has 1 unspecified atom stereocenters. The van der Waals surface area contributed by atoms with Gasteiger partial charge in [-0.25, -0.2) is 4.98 Å². The Morgan fingerprint density at radius 3 is 3.00 bits per heavy atom. The summed E-state index contributed by atoms with van der Waals surface area (Å²) in [4.78, 5) is 18.0. The van der Waals surface area contributed by atoms with Crippen LogP contribution in [-0.4, -0.2) is 15.2 Å². The second kappa shape index (κ2) is 5.56. The number of nitrogens with zero attached hydrogens (tertiary/aromatic N) is 2. The van der Waals surface area contributed by atoms with Crippen molar-refractivity contribution in [1.82, 2.24) is 9.97 Å². The number of aromatic amines is 1. The Balaban J connectivity index is 2.79. The number of rotatable bonds is 4. The molecule has 1 aromatic rings. The molecule has 15 heavy (non-hydrogen) atoms. The van der Waals surface area contributed by atoms with Crippen LogP contribution in [0.4, 0.5) is 0 Å². The first-order valence-corrected chi connectivity index (χ1v) is 5.65. The topological polar surface area (TPSA) is 69.5 Å². The number of aryl methyl sites for hydroxylation is 1. The van der Waals surface area contributed by atoms with Gasteiger partial charge in [0.15, 0.2) is 5.16 Å². The first-order valence-electron chi connectivity index (χ1n) is 4.77. The van der Waals surface area contributed by atoms with Crippen LogP contribution in [0.15, 0.2) is 16.0 Å². The molecular weight excluding hydrogens is 210 g/mol. The van der Waals surface area contributed by atoms with Crippen LogP contribution < -0.4 is 5.56 Å². The SMILES string of the molecule is CCC(CC#N)Sc1nc(C)cc(=O)[nH]1. The minimum absolute atomic E-state index is 0.142. The Bertz CT molecular complexity index is 421. The molecule has 1 N–H and O–H groups in total. The second-order valence-electron chi connectivity index (χ2n) is 3.20. The summed E-state index contributed by atoms with van der Waals surface area (Å²) in [6.45, 7) is 3.80. The van der Waals surface area contributed by atoms with Gasteiger partial charge in [0.25, 0.3) is 5.56 Å². The van der Waals surface area contributed by atoms with E-state index in [-0.39, 0.29) is 10.8 Å². The van der Waals surface area contributed by atoms with Crippen LogP contribution in [-0.2, 0) is 0 Å². The van der Waals surface area contributed by atoms with Gasteiger partial charge in [-0.05, 0) is 13.3 Å². The highest BCUT2D eigenvalue weighted by molar-refractivity contribution is 7.99. The van der Waals surface area contributed by atoms with E-state index in [1.165, 1.54) is 17.8 Å². The fraction of sp³-hybridized carbons (Fsp3) is 0.500. The highest BCUT2D eigenvalue weighted by Crippen LogP contribution is 2.23. The number of aromatic nitrogens is 2. The molecule has 1 atom stereocenters. The molecule has 4 nitrogen and oxygen atoms in total. The molecule has 0 aliphatic rings. The summed E-state index contributed by atoms with van der Waals surface area (Å²) < 4.78 is 0. The minimum atomic E-state index is -0.142. The Morgan fingerprint density at radius 2 is 2.47 bits per heavy atom. The van der Waals surface area contributed by atoms with Gasteiger partial charge in [0, 0.05) is 23.4 Å². The van der Waals surface area contributed by atoms with Gasteiger partial charge in [0.2, 0.25) is 0 Å². The van der Waals surface area contributed by atoms with Crippen molar-refractivity contribution in [3.63, 3.8) is 0 Å². The van der Waals surface area contributed by atoms with Gasteiger partial charge in [-0.2, -0.15) is 5.26 Å². The minimum Gasteiger partial charge on any atom is -0.301 e. The Labute approximate surface area is 92.7 Å². The monoisotopic (exact) mass is 223 g/mol. The number of nitriles is 1. The molecule has 80 valence electrons. The summed E-state index contributed by atoms with van der Waals surface area (Å²) in [5.74, 6) is 0. The lowest BCUT2D eigenvalue weighted by Crippen LogP contribution is -2.10. The summed E-state index contributed by atoms with van der Waals surface area (Å²) >= 11 is 1.45. The number of H-pyrrole nitrogens is 1. The fourth-order valence-electron chi connectivity index (χ4n) is 1.14. The molecule has 1 rings (SSSR count). The lowest BCUT2D eigenvalue weighted by molar-refractivity contribution is 0.824. The summed E-state index contributed by atoms with van der Waals surface area (Å²) in [7, 11) is 0. The van der Waals surface area contributed by atoms with E-state index in [1.54, 1.807) is 6.92 Å². The van der Waals surface area contributed by atoms with Gasteiger partial charge in [0.05, 0.1) is 6.07 Å². The van der Waals surface area contributed by atoms with Gasteiger partial charge in [-0.15, -0.1) is 0 Å². The predicted octanol–water partition coefficient (Wildman–Crippen LogP) is 1.86. The van der Waals surface area contributed by atoms with Crippen LogP contribution in [0.25, 0.3) is 0 Å². The molecule has 1 aromatic heterocycles. The van der Waals surface area contributed by atoms with E-state index in [1.807, 2.05) is 6.92 Å². The van der Waals surface area contributed by atoms with Crippen molar-refractivity contribution in [1.29, 1.82) is 5.26 Å². The Kier molecular flexibility index (Phi) is 4.37. The van der Waals surface area contributed by atoms with Crippen molar-refractivity contribution in [2.75, 3.05) is 0 Å². The highest BCUT2D eigenvalue weighted by Gasteiger charge is 2.09. The quantitative estimate of drug-likeness (QED) is 0.625. The standard InChI is InChI=1S/C10H13N3OS/c1-3-8(4-5-11)15-10-12-7(2)6-9(14)13-10/h6,8H,3-4H2,1-2H3,(H,12,13,14). The zero-order chi connectivity index (χ0) is 11.3. The average Bonchev–Trinajstić information content (AvgIpc) is 2.15. The number of nitrogens with one attached hydrogen (secondary N) is 1. The molecule has 0 amide bonds. The molecule has 0 aromatic carbocycles. The zero-order valence-electron chi connectivity index (χ0n) is 8.78. The van der Waals surface area contributed by atoms with Crippen LogP contribution in [0.5, 0.6) is 0 Å². The van der Waals surface area contributed by atoms with Crippen molar-refractivity contribution >= 4 is 11.8 Å². The van der Waals surface area contributed by atoms with Gasteiger partial charge in [-0.3, -0.25) is 4.79 Å². The van der Waals surface area contributed by atoms with E-state index in [2.05, 4.69) is 16.0 Å². The van der Waals surface area contributed by atoms with Crippen molar-refractivity contribution < 1.29 is 0 Å². The third-order valence-electron chi connectivity index (χ3n) is 1.90. The summed E-state index contributed by atoms with van der Waals surface area (Å²) in [6.07, 6.45) is 1.36. The van der Waals surface area contributed by atoms with E-state index in [0.29, 0.717) is 17.3 Å². The third-order valence-corrected chi connectivity index (χ3v) is 3.15. The molecule has 0 saturated carbocycles.